The van der Waals surface area contributed by atoms with Crippen LogP contribution in [0.1, 0.15) is 19.8 Å². The number of hydrogen-bond donors (Lipinski definition) is 2. The Morgan fingerprint density at radius 2 is 2.17 bits per heavy atom. The Balaban J connectivity index is 2.63. The highest BCUT2D eigenvalue weighted by Crippen LogP contribution is 2.27. The van der Waals surface area contributed by atoms with E-state index in [1.807, 2.05) is 38.1 Å². The number of carbonyl (C=O) groups is 1. The van der Waals surface area contributed by atoms with E-state index < -0.39 is 0 Å². The topological polar surface area (TPSA) is 58.4 Å². The van der Waals surface area contributed by atoms with Gasteiger partial charge in [-0.1, -0.05) is 11.6 Å². The van der Waals surface area contributed by atoms with Gasteiger partial charge in [0.25, 0.3) is 0 Å². The molecule has 0 spiro atoms. The van der Waals surface area contributed by atoms with E-state index in [0.29, 0.717) is 23.6 Å². The molecule has 100 valence electrons. The van der Waals surface area contributed by atoms with Crippen LogP contribution < -0.4 is 16.0 Å². The molecule has 0 fully saturated rings. The Labute approximate surface area is 113 Å². The molecule has 0 radical (unpaired) electrons. The molecule has 0 aliphatic rings. The second-order valence-corrected chi connectivity index (χ2v) is 5.03. The lowest BCUT2D eigenvalue weighted by Gasteiger charge is -2.15. The van der Waals surface area contributed by atoms with Crippen LogP contribution in [0.3, 0.4) is 0 Å². The molecule has 0 heterocycles. The molecule has 0 aliphatic heterocycles. The summed E-state index contributed by atoms with van der Waals surface area (Å²) in [5.74, 6) is -0.0408. The van der Waals surface area contributed by atoms with Crippen LogP contribution in [-0.4, -0.2) is 26.0 Å². The maximum atomic E-state index is 11.6. The summed E-state index contributed by atoms with van der Waals surface area (Å²) in [5.41, 5.74) is 7.23. The van der Waals surface area contributed by atoms with E-state index in [1.54, 1.807) is 6.07 Å². The minimum absolute atomic E-state index is 0.0375. The number of anilines is 2. The van der Waals surface area contributed by atoms with Gasteiger partial charge in [0.1, 0.15) is 0 Å². The van der Waals surface area contributed by atoms with Crippen LogP contribution in [0.15, 0.2) is 18.2 Å². The van der Waals surface area contributed by atoms with Crippen molar-refractivity contribution in [2.45, 2.75) is 25.8 Å². The standard InChI is InChI=1S/C13H20ClN3O/c1-9(15)4-7-13(18)16-10-5-6-12(17(2)3)11(14)8-10/h5-6,8-9H,4,7,15H2,1-3H3,(H,16,18). The first kappa shape index (κ1) is 14.8. The fraction of sp³-hybridized carbons (Fsp3) is 0.462. The molecule has 0 aliphatic carbocycles. The first-order valence-electron chi connectivity index (χ1n) is 5.92. The molecule has 0 bridgehead atoms. The number of nitrogens with zero attached hydrogens (tertiary/aromatic N) is 1. The van der Waals surface area contributed by atoms with Gasteiger partial charge in [-0.15, -0.1) is 0 Å². The highest BCUT2D eigenvalue weighted by molar-refractivity contribution is 6.33. The van der Waals surface area contributed by atoms with Gasteiger partial charge < -0.3 is 16.0 Å². The van der Waals surface area contributed by atoms with Crippen LogP contribution in [0.4, 0.5) is 11.4 Å². The number of rotatable bonds is 5. The van der Waals surface area contributed by atoms with E-state index in [-0.39, 0.29) is 11.9 Å². The summed E-state index contributed by atoms with van der Waals surface area (Å²) in [5, 5.41) is 3.42. The largest absolute Gasteiger partial charge is 0.376 e. The molecular formula is C13H20ClN3O. The average Bonchev–Trinajstić information content (AvgIpc) is 2.26. The number of amides is 1. The van der Waals surface area contributed by atoms with Crippen molar-refractivity contribution in [1.82, 2.24) is 0 Å². The van der Waals surface area contributed by atoms with Gasteiger partial charge in [-0.25, -0.2) is 0 Å². The quantitative estimate of drug-likeness (QED) is 0.863. The summed E-state index contributed by atoms with van der Waals surface area (Å²) >= 11 is 6.12. The fourth-order valence-corrected chi connectivity index (χ4v) is 1.88. The highest BCUT2D eigenvalue weighted by Gasteiger charge is 2.07. The fourth-order valence-electron chi connectivity index (χ4n) is 1.53. The van der Waals surface area contributed by atoms with Gasteiger partial charge in [-0.3, -0.25) is 4.79 Å². The van der Waals surface area contributed by atoms with Crippen LogP contribution in [0, 0.1) is 0 Å². The molecule has 1 amide bonds. The molecule has 0 aromatic heterocycles. The van der Waals surface area contributed by atoms with Crippen molar-refractivity contribution in [1.29, 1.82) is 0 Å². The maximum absolute atomic E-state index is 11.6. The van der Waals surface area contributed by atoms with E-state index in [0.717, 1.165) is 5.69 Å². The van der Waals surface area contributed by atoms with E-state index >= 15 is 0 Å². The zero-order chi connectivity index (χ0) is 13.7. The minimum atomic E-state index is -0.0408. The molecule has 4 nitrogen and oxygen atoms in total. The smallest absolute Gasteiger partial charge is 0.224 e. The van der Waals surface area contributed by atoms with Crippen molar-refractivity contribution in [2.24, 2.45) is 5.73 Å². The summed E-state index contributed by atoms with van der Waals surface area (Å²) in [6, 6.07) is 5.50. The third-order valence-corrected chi connectivity index (χ3v) is 2.84. The first-order chi connectivity index (χ1) is 8.40. The van der Waals surface area contributed by atoms with Crippen molar-refractivity contribution in [3.8, 4) is 0 Å². The molecule has 1 rings (SSSR count). The van der Waals surface area contributed by atoms with Gasteiger partial charge in [0, 0.05) is 32.2 Å². The molecule has 1 aromatic rings. The minimum Gasteiger partial charge on any atom is -0.376 e. The Morgan fingerprint density at radius 1 is 1.50 bits per heavy atom. The highest BCUT2D eigenvalue weighted by atomic mass is 35.5. The Morgan fingerprint density at radius 3 is 2.67 bits per heavy atom. The maximum Gasteiger partial charge on any atom is 0.224 e. The molecular weight excluding hydrogens is 250 g/mol. The predicted octanol–water partition coefficient (Wildman–Crippen LogP) is 2.47. The zero-order valence-corrected chi connectivity index (χ0v) is 11.8. The molecule has 18 heavy (non-hydrogen) atoms. The summed E-state index contributed by atoms with van der Waals surface area (Å²) in [4.78, 5) is 13.5. The summed E-state index contributed by atoms with van der Waals surface area (Å²) in [7, 11) is 3.84. The normalized spacial score (nSPS) is 12.1. The van der Waals surface area contributed by atoms with Gasteiger partial charge in [0.05, 0.1) is 10.7 Å². The van der Waals surface area contributed by atoms with Crippen molar-refractivity contribution >= 4 is 28.9 Å². The van der Waals surface area contributed by atoms with Gasteiger partial charge in [0.15, 0.2) is 0 Å². The second-order valence-electron chi connectivity index (χ2n) is 4.62. The van der Waals surface area contributed by atoms with Gasteiger partial charge >= 0.3 is 0 Å². The summed E-state index contributed by atoms with van der Waals surface area (Å²) in [6.45, 7) is 1.88. The van der Waals surface area contributed by atoms with E-state index in [1.165, 1.54) is 0 Å². The Kier molecular flexibility index (Phi) is 5.44. The molecule has 1 aromatic carbocycles. The third kappa shape index (κ3) is 4.55. The predicted molar refractivity (Wildman–Crippen MR) is 77.3 cm³/mol. The first-order valence-corrected chi connectivity index (χ1v) is 6.30. The lowest BCUT2D eigenvalue weighted by Crippen LogP contribution is -2.19. The molecule has 1 atom stereocenters. The average molecular weight is 270 g/mol. The Bertz CT molecular complexity index is 419. The van der Waals surface area contributed by atoms with Crippen molar-refractivity contribution < 1.29 is 4.79 Å². The van der Waals surface area contributed by atoms with Gasteiger partial charge in [0.2, 0.25) is 5.91 Å². The van der Waals surface area contributed by atoms with Crippen LogP contribution in [0.25, 0.3) is 0 Å². The van der Waals surface area contributed by atoms with Crippen LogP contribution in [-0.2, 0) is 4.79 Å². The van der Waals surface area contributed by atoms with Gasteiger partial charge in [-0.05, 0) is 31.5 Å². The van der Waals surface area contributed by atoms with E-state index in [2.05, 4.69) is 5.32 Å². The van der Waals surface area contributed by atoms with Crippen molar-refractivity contribution in [3.63, 3.8) is 0 Å². The van der Waals surface area contributed by atoms with E-state index in [4.69, 9.17) is 17.3 Å². The number of nitrogens with two attached hydrogens (primary N) is 1. The van der Waals surface area contributed by atoms with Gasteiger partial charge in [-0.2, -0.15) is 0 Å². The second kappa shape index (κ2) is 6.61. The summed E-state index contributed by atoms with van der Waals surface area (Å²) in [6.07, 6.45) is 1.10. The molecule has 1 unspecified atom stereocenters. The number of benzene rings is 1. The number of carbonyl (C=O) groups excluding carboxylic acids is 1. The number of halogens is 1. The number of hydrogen-bond acceptors (Lipinski definition) is 3. The van der Waals surface area contributed by atoms with Crippen molar-refractivity contribution in [3.05, 3.63) is 23.2 Å². The van der Waals surface area contributed by atoms with Crippen LogP contribution in [0.5, 0.6) is 0 Å². The van der Waals surface area contributed by atoms with Crippen LogP contribution >= 0.6 is 11.6 Å². The molecule has 0 saturated heterocycles. The third-order valence-electron chi connectivity index (χ3n) is 2.54. The van der Waals surface area contributed by atoms with E-state index in [9.17, 15) is 4.79 Å². The lowest BCUT2D eigenvalue weighted by molar-refractivity contribution is -0.116. The summed E-state index contributed by atoms with van der Waals surface area (Å²) < 4.78 is 0. The SMILES string of the molecule is CC(N)CCC(=O)Nc1ccc(N(C)C)c(Cl)c1. The Hall–Kier alpha value is -1.26. The molecule has 0 saturated carbocycles. The molecule has 3 N–H and O–H groups in total. The molecule has 5 heteroatoms. The zero-order valence-electron chi connectivity index (χ0n) is 11.0. The number of nitrogens with one attached hydrogen (secondary N) is 1. The van der Waals surface area contributed by atoms with Crippen LogP contribution in [0.2, 0.25) is 5.02 Å². The lowest BCUT2D eigenvalue weighted by atomic mass is 10.2. The van der Waals surface area contributed by atoms with Crippen molar-refractivity contribution in [2.75, 3.05) is 24.3 Å². The monoisotopic (exact) mass is 269 g/mol.